The quantitative estimate of drug-likeness (QED) is 0.784. The summed E-state index contributed by atoms with van der Waals surface area (Å²) in [6.45, 7) is 1.96. The molecule has 1 aliphatic rings. The lowest BCUT2D eigenvalue weighted by Crippen LogP contribution is -2.22. The molecule has 1 aliphatic heterocycles. The van der Waals surface area contributed by atoms with Crippen LogP contribution in [0.2, 0.25) is 0 Å². The first-order valence-electron chi connectivity index (χ1n) is 6.99. The van der Waals surface area contributed by atoms with Crippen LogP contribution in [0.4, 0.5) is 5.00 Å². The second-order valence-corrected chi connectivity index (χ2v) is 7.04. The largest absolute Gasteiger partial charge is 0.454 e. The maximum atomic E-state index is 11.9. The molecule has 1 unspecified atom stereocenters. The lowest BCUT2D eigenvalue weighted by Gasteiger charge is -2.20. The minimum Gasteiger partial charge on any atom is -0.454 e. The van der Waals surface area contributed by atoms with Gasteiger partial charge in [0, 0.05) is 19.0 Å². The highest BCUT2D eigenvalue weighted by Crippen LogP contribution is 2.42. The van der Waals surface area contributed by atoms with E-state index in [4.69, 9.17) is 4.42 Å². The molecule has 1 atom stereocenters. The number of nitrogens with one attached hydrogen (secondary N) is 1. The maximum Gasteiger partial charge on any atom is 0.226 e. The highest BCUT2D eigenvalue weighted by Gasteiger charge is 2.32. The zero-order valence-electron chi connectivity index (χ0n) is 12.4. The molecular weight excluding hydrogens is 334 g/mol. The van der Waals surface area contributed by atoms with Crippen molar-refractivity contribution in [2.45, 2.75) is 29.5 Å². The molecular formula is C14H13N5O2S2. The standard InChI is InChI=1S/C14H13N5O2S2/c1-7-12-8(5-10(20)16-13(12)23-18-7)9-3-4-11(21-9)22-14-17-15-6-19(14)2/h3-4,6,8H,5H2,1-2H3,(H,16,20). The molecule has 0 aromatic carbocycles. The third-order valence-corrected chi connectivity index (χ3v) is 5.55. The number of anilines is 1. The number of aryl methyl sites for hydroxylation is 2. The Morgan fingerprint density at radius 2 is 2.35 bits per heavy atom. The molecule has 0 bridgehead atoms. The Morgan fingerprint density at radius 3 is 3.13 bits per heavy atom. The van der Waals surface area contributed by atoms with Crippen molar-refractivity contribution in [3.05, 3.63) is 35.5 Å². The number of rotatable bonds is 3. The number of hydrogen-bond donors (Lipinski definition) is 1. The average Bonchev–Trinajstić information content (AvgIpc) is 3.22. The highest BCUT2D eigenvalue weighted by molar-refractivity contribution is 7.99. The number of carbonyl (C=O) groups excluding carboxylic acids is 1. The van der Waals surface area contributed by atoms with Gasteiger partial charge in [-0.05, 0) is 42.4 Å². The third-order valence-electron chi connectivity index (χ3n) is 3.71. The van der Waals surface area contributed by atoms with Crippen molar-refractivity contribution in [3.63, 3.8) is 0 Å². The zero-order valence-corrected chi connectivity index (χ0v) is 14.1. The molecule has 4 rings (SSSR count). The van der Waals surface area contributed by atoms with E-state index in [1.165, 1.54) is 23.3 Å². The summed E-state index contributed by atoms with van der Waals surface area (Å²) < 4.78 is 12.1. The van der Waals surface area contributed by atoms with E-state index in [1.807, 2.05) is 30.7 Å². The van der Waals surface area contributed by atoms with E-state index in [2.05, 4.69) is 19.9 Å². The first-order valence-corrected chi connectivity index (χ1v) is 8.58. The Morgan fingerprint density at radius 1 is 1.48 bits per heavy atom. The molecule has 0 fully saturated rings. The van der Waals surface area contributed by atoms with Gasteiger partial charge in [-0.25, -0.2) is 0 Å². The van der Waals surface area contributed by atoms with Crippen LogP contribution in [0.15, 0.2) is 33.1 Å². The maximum absolute atomic E-state index is 11.9. The number of furan rings is 1. The molecule has 0 radical (unpaired) electrons. The number of hydrogen-bond acceptors (Lipinski definition) is 7. The van der Waals surface area contributed by atoms with Crippen molar-refractivity contribution >= 4 is 34.2 Å². The fourth-order valence-corrected chi connectivity index (χ4v) is 4.22. The zero-order chi connectivity index (χ0) is 16.0. The Labute approximate surface area is 140 Å². The summed E-state index contributed by atoms with van der Waals surface area (Å²) in [5.74, 6) is 0.672. The van der Waals surface area contributed by atoms with Crippen LogP contribution in [0.25, 0.3) is 0 Å². The van der Waals surface area contributed by atoms with Gasteiger partial charge in [-0.3, -0.25) is 4.79 Å². The first kappa shape index (κ1) is 14.5. The molecule has 0 aliphatic carbocycles. The summed E-state index contributed by atoms with van der Waals surface area (Å²) in [7, 11) is 1.88. The van der Waals surface area contributed by atoms with Crippen LogP contribution in [0, 0.1) is 6.92 Å². The molecule has 118 valence electrons. The van der Waals surface area contributed by atoms with E-state index in [0.717, 1.165) is 32.3 Å². The molecule has 4 heterocycles. The van der Waals surface area contributed by atoms with Crippen LogP contribution in [-0.2, 0) is 11.8 Å². The smallest absolute Gasteiger partial charge is 0.226 e. The number of nitrogens with zero attached hydrogens (tertiary/aromatic N) is 4. The molecule has 0 spiro atoms. The van der Waals surface area contributed by atoms with E-state index < -0.39 is 0 Å². The molecule has 0 saturated heterocycles. The van der Waals surface area contributed by atoms with Crippen molar-refractivity contribution in [2.75, 3.05) is 5.32 Å². The van der Waals surface area contributed by atoms with Gasteiger partial charge in [-0.15, -0.1) is 10.2 Å². The van der Waals surface area contributed by atoms with Crippen LogP contribution in [-0.4, -0.2) is 25.0 Å². The minimum atomic E-state index is -0.0913. The molecule has 1 N–H and O–H groups in total. The molecule has 1 amide bonds. The van der Waals surface area contributed by atoms with Gasteiger partial charge in [0.2, 0.25) is 5.91 Å². The second kappa shape index (κ2) is 5.50. The summed E-state index contributed by atoms with van der Waals surface area (Å²) in [6.07, 6.45) is 2.01. The molecule has 3 aromatic rings. The van der Waals surface area contributed by atoms with Gasteiger partial charge in [-0.2, -0.15) is 4.37 Å². The van der Waals surface area contributed by atoms with Gasteiger partial charge in [0.15, 0.2) is 10.2 Å². The topological polar surface area (TPSA) is 85.8 Å². The summed E-state index contributed by atoms with van der Waals surface area (Å²) in [6, 6.07) is 3.82. The summed E-state index contributed by atoms with van der Waals surface area (Å²) in [5.41, 5.74) is 1.99. The molecule has 23 heavy (non-hydrogen) atoms. The van der Waals surface area contributed by atoms with Gasteiger partial charge in [0.05, 0.1) is 11.6 Å². The summed E-state index contributed by atoms with van der Waals surface area (Å²) in [5, 5.41) is 13.1. The van der Waals surface area contributed by atoms with Gasteiger partial charge in [0.1, 0.15) is 17.1 Å². The number of fused-ring (bicyclic) bond motifs is 1. The van der Waals surface area contributed by atoms with Crippen molar-refractivity contribution in [1.82, 2.24) is 19.1 Å². The molecule has 0 saturated carbocycles. The normalized spacial score (nSPS) is 17.1. The van der Waals surface area contributed by atoms with Crippen LogP contribution >= 0.6 is 23.3 Å². The molecule has 3 aromatic heterocycles. The minimum absolute atomic E-state index is 0.00921. The van der Waals surface area contributed by atoms with E-state index in [0.29, 0.717) is 6.42 Å². The first-order chi connectivity index (χ1) is 11.1. The van der Waals surface area contributed by atoms with Crippen LogP contribution in [0.3, 0.4) is 0 Å². The SMILES string of the molecule is Cc1nsc2c1C(c1ccc(Sc3nncn3C)o1)CC(=O)N2. The average molecular weight is 347 g/mol. The fraction of sp³-hybridized carbons (Fsp3) is 0.286. The van der Waals surface area contributed by atoms with Crippen molar-refractivity contribution in [1.29, 1.82) is 0 Å². The monoisotopic (exact) mass is 347 g/mol. The van der Waals surface area contributed by atoms with E-state index in [1.54, 1.807) is 6.33 Å². The lowest BCUT2D eigenvalue weighted by atomic mass is 9.90. The summed E-state index contributed by atoms with van der Waals surface area (Å²) >= 11 is 2.72. The number of carbonyl (C=O) groups is 1. The van der Waals surface area contributed by atoms with E-state index >= 15 is 0 Å². The predicted molar refractivity (Wildman–Crippen MR) is 85.8 cm³/mol. The van der Waals surface area contributed by atoms with Gasteiger partial charge in [0.25, 0.3) is 0 Å². The van der Waals surface area contributed by atoms with E-state index in [9.17, 15) is 4.79 Å². The van der Waals surface area contributed by atoms with Gasteiger partial charge >= 0.3 is 0 Å². The third kappa shape index (κ3) is 2.55. The Hall–Kier alpha value is -2.13. The van der Waals surface area contributed by atoms with Crippen LogP contribution in [0.1, 0.15) is 29.4 Å². The second-order valence-electron chi connectivity index (χ2n) is 5.30. The van der Waals surface area contributed by atoms with Crippen molar-refractivity contribution in [3.8, 4) is 0 Å². The van der Waals surface area contributed by atoms with Crippen molar-refractivity contribution < 1.29 is 9.21 Å². The molecule has 9 heteroatoms. The number of amides is 1. The molecule has 7 nitrogen and oxygen atoms in total. The Balaban J connectivity index is 1.65. The van der Waals surface area contributed by atoms with E-state index in [-0.39, 0.29) is 11.8 Å². The summed E-state index contributed by atoms with van der Waals surface area (Å²) in [4.78, 5) is 11.9. The fourth-order valence-electron chi connectivity index (χ4n) is 2.62. The number of aromatic nitrogens is 4. The van der Waals surface area contributed by atoms with Crippen molar-refractivity contribution in [2.24, 2.45) is 7.05 Å². The van der Waals surface area contributed by atoms with Gasteiger partial charge in [-0.1, -0.05) is 0 Å². The van der Waals surface area contributed by atoms with Gasteiger partial charge < -0.3 is 14.3 Å². The Bertz CT molecular complexity index is 882. The van der Waals surface area contributed by atoms with Crippen LogP contribution < -0.4 is 5.32 Å². The lowest BCUT2D eigenvalue weighted by molar-refractivity contribution is -0.116. The highest BCUT2D eigenvalue weighted by atomic mass is 32.2. The van der Waals surface area contributed by atoms with Crippen LogP contribution in [0.5, 0.6) is 0 Å². The predicted octanol–water partition coefficient (Wildman–Crippen LogP) is 2.80. The Kier molecular flexibility index (Phi) is 3.46.